The van der Waals surface area contributed by atoms with Crippen LogP contribution in [0.2, 0.25) is 0 Å². The second-order valence-corrected chi connectivity index (χ2v) is 3.47. The predicted molar refractivity (Wildman–Crippen MR) is 46.1 cm³/mol. The molecular formula is C7H10N2O2S. The first-order valence-electron chi connectivity index (χ1n) is 3.51. The molecule has 1 rings (SSSR count). The van der Waals surface area contributed by atoms with Crippen LogP contribution in [0.25, 0.3) is 0 Å². The second-order valence-electron chi connectivity index (χ2n) is 2.53. The highest BCUT2D eigenvalue weighted by Crippen LogP contribution is 2.14. The van der Waals surface area contributed by atoms with Gasteiger partial charge in [0.25, 0.3) is 0 Å². The van der Waals surface area contributed by atoms with Crippen LogP contribution < -0.4 is 5.73 Å². The summed E-state index contributed by atoms with van der Waals surface area (Å²) in [6.07, 6.45) is -0.0165. The summed E-state index contributed by atoms with van der Waals surface area (Å²) in [4.78, 5) is 14.3. The lowest BCUT2D eigenvalue weighted by atomic mass is 10.3. The van der Waals surface area contributed by atoms with Crippen molar-refractivity contribution in [3.63, 3.8) is 0 Å². The Kier molecular flexibility index (Phi) is 2.78. The standard InChI is InChI=1S/C7H10N2O2S/c1-4(8)5-3-12-6(9-5)2-7(10)11/h3-4H,2,8H2,1H3,(H,10,11). The summed E-state index contributed by atoms with van der Waals surface area (Å²) in [7, 11) is 0. The average molecular weight is 186 g/mol. The van der Waals surface area contributed by atoms with Crippen LogP contribution in [0.15, 0.2) is 5.38 Å². The van der Waals surface area contributed by atoms with E-state index in [0.717, 1.165) is 5.69 Å². The zero-order valence-electron chi connectivity index (χ0n) is 6.65. The minimum absolute atomic E-state index is 0.0165. The zero-order valence-corrected chi connectivity index (χ0v) is 7.47. The van der Waals surface area contributed by atoms with Crippen LogP contribution in [0, 0.1) is 0 Å². The van der Waals surface area contributed by atoms with Gasteiger partial charge in [-0.1, -0.05) is 0 Å². The van der Waals surface area contributed by atoms with E-state index in [9.17, 15) is 4.79 Å². The molecule has 1 aromatic rings. The van der Waals surface area contributed by atoms with E-state index in [1.54, 1.807) is 5.38 Å². The van der Waals surface area contributed by atoms with Crippen molar-refractivity contribution < 1.29 is 9.90 Å². The lowest BCUT2D eigenvalue weighted by Gasteiger charge is -1.96. The molecule has 1 aromatic heterocycles. The Labute approximate surface area is 74.0 Å². The van der Waals surface area contributed by atoms with Crippen molar-refractivity contribution in [2.45, 2.75) is 19.4 Å². The molecule has 5 heteroatoms. The quantitative estimate of drug-likeness (QED) is 0.731. The Morgan fingerprint density at radius 2 is 2.58 bits per heavy atom. The molecule has 66 valence electrons. The fourth-order valence-electron chi connectivity index (χ4n) is 0.745. The first-order valence-corrected chi connectivity index (χ1v) is 4.39. The number of hydrogen-bond donors (Lipinski definition) is 2. The lowest BCUT2D eigenvalue weighted by molar-refractivity contribution is -0.136. The summed E-state index contributed by atoms with van der Waals surface area (Å²) in [5.41, 5.74) is 6.32. The smallest absolute Gasteiger partial charge is 0.310 e. The van der Waals surface area contributed by atoms with Gasteiger partial charge in [-0.3, -0.25) is 4.79 Å². The van der Waals surface area contributed by atoms with E-state index >= 15 is 0 Å². The largest absolute Gasteiger partial charge is 0.481 e. The molecule has 0 aliphatic rings. The highest BCUT2D eigenvalue weighted by molar-refractivity contribution is 7.09. The minimum atomic E-state index is -0.861. The molecule has 0 amide bonds. The number of rotatable bonds is 3. The maximum atomic E-state index is 10.3. The van der Waals surface area contributed by atoms with E-state index in [4.69, 9.17) is 10.8 Å². The Morgan fingerprint density at radius 3 is 3.00 bits per heavy atom. The molecule has 3 N–H and O–H groups in total. The fraction of sp³-hybridized carbons (Fsp3) is 0.429. The third-order valence-corrected chi connectivity index (χ3v) is 2.21. The van der Waals surface area contributed by atoms with Gasteiger partial charge in [-0.05, 0) is 6.92 Å². The molecule has 0 aliphatic heterocycles. The molecular weight excluding hydrogens is 176 g/mol. The van der Waals surface area contributed by atoms with E-state index in [0.29, 0.717) is 5.01 Å². The summed E-state index contributed by atoms with van der Waals surface area (Å²) < 4.78 is 0. The number of carboxylic acid groups (broad SMARTS) is 1. The van der Waals surface area contributed by atoms with Gasteiger partial charge in [0.2, 0.25) is 0 Å². The van der Waals surface area contributed by atoms with Crippen LogP contribution in [-0.4, -0.2) is 16.1 Å². The third kappa shape index (κ3) is 2.28. The third-order valence-electron chi connectivity index (χ3n) is 1.34. The lowest BCUT2D eigenvalue weighted by Crippen LogP contribution is -2.06. The van der Waals surface area contributed by atoms with Gasteiger partial charge in [-0.25, -0.2) is 4.98 Å². The highest BCUT2D eigenvalue weighted by atomic mass is 32.1. The van der Waals surface area contributed by atoms with E-state index in [1.165, 1.54) is 11.3 Å². The molecule has 4 nitrogen and oxygen atoms in total. The average Bonchev–Trinajstić information content (AvgIpc) is 2.34. The second kappa shape index (κ2) is 3.64. The number of carbonyl (C=O) groups is 1. The molecule has 0 bridgehead atoms. The Balaban J connectivity index is 2.70. The van der Waals surface area contributed by atoms with E-state index in [-0.39, 0.29) is 12.5 Å². The number of hydrogen-bond acceptors (Lipinski definition) is 4. The van der Waals surface area contributed by atoms with Crippen LogP contribution in [0.4, 0.5) is 0 Å². The topological polar surface area (TPSA) is 76.2 Å². The predicted octanol–water partition coefficient (Wildman–Crippen LogP) is 0.790. The Morgan fingerprint density at radius 1 is 1.92 bits per heavy atom. The number of nitrogens with zero attached hydrogens (tertiary/aromatic N) is 1. The van der Waals surface area contributed by atoms with Crippen molar-refractivity contribution in [2.75, 3.05) is 0 Å². The van der Waals surface area contributed by atoms with Crippen molar-refractivity contribution in [3.8, 4) is 0 Å². The Bertz CT molecular complexity index is 283. The molecule has 0 radical (unpaired) electrons. The van der Waals surface area contributed by atoms with Gasteiger partial charge in [-0.15, -0.1) is 11.3 Å². The summed E-state index contributed by atoms with van der Waals surface area (Å²) in [6, 6.07) is -0.121. The van der Waals surface area contributed by atoms with Gasteiger partial charge in [0, 0.05) is 11.4 Å². The highest BCUT2D eigenvalue weighted by Gasteiger charge is 2.08. The molecule has 0 aliphatic carbocycles. The molecule has 0 aromatic carbocycles. The van der Waals surface area contributed by atoms with Crippen molar-refractivity contribution >= 4 is 17.3 Å². The summed E-state index contributed by atoms with van der Waals surface area (Å²) in [5, 5.41) is 10.9. The first kappa shape index (κ1) is 9.15. The van der Waals surface area contributed by atoms with Gasteiger partial charge in [-0.2, -0.15) is 0 Å². The first-order chi connectivity index (χ1) is 5.59. The van der Waals surface area contributed by atoms with Crippen molar-refractivity contribution in [1.29, 1.82) is 0 Å². The summed E-state index contributed by atoms with van der Waals surface area (Å²) in [6.45, 7) is 1.82. The van der Waals surface area contributed by atoms with Crippen LogP contribution in [-0.2, 0) is 11.2 Å². The van der Waals surface area contributed by atoms with E-state index in [1.807, 2.05) is 6.92 Å². The summed E-state index contributed by atoms with van der Waals surface area (Å²) >= 11 is 1.33. The molecule has 1 heterocycles. The van der Waals surface area contributed by atoms with Gasteiger partial charge in [0.05, 0.1) is 12.1 Å². The van der Waals surface area contributed by atoms with Gasteiger partial charge >= 0.3 is 5.97 Å². The molecule has 1 unspecified atom stereocenters. The number of nitrogens with two attached hydrogens (primary N) is 1. The maximum absolute atomic E-state index is 10.3. The zero-order chi connectivity index (χ0) is 9.14. The van der Waals surface area contributed by atoms with Crippen molar-refractivity contribution in [2.24, 2.45) is 5.73 Å². The molecule has 0 saturated heterocycles. The molecule has 0 fully saturated rings. The molecule has 1 atom stereocenters. The monoisotopic (exact) mass is 186 g/mol. The summed E-state index contributed by atoms with van der Waals surface area (Å²) in [5.74, 6) is -0.861. The van der Waals surface area contributed by atoms with Gasteiger partial charge in [0.15, 0.2) is 0 Å². The maximum Gasteiger partial charge on any atom is 0.310 e. The molecule has 12 heavy (non-hydrogen) atoms. The van der Waals surface area contributed by atoms with Gasteiger partial charge < -0.3 is 10.8 Å². The van der Waals surface area contributed by atoms with Crippen LogP contribution >= 0.6 is 11.3 Å². The fourth-order valence-corrected chi connectivity index (χ4v) is 1.63. The van der Waals surface area contributed by atoms with Crippen LogP contribution in [0.1, 0.15) is 23.7 Å². The SMILES string of the molecule is CC(N)c1csc(CC(=O)O)n1. The molecule has 0 spiro atoms. The van der Waals surface area contributed by atoms with Crippen LogP contribution in [0.5, 0.6) is 0 Å². The van der Waals surface area contributed by atoms with Crippen molar-refractivity contribution in [3.05, 3.63) is 16.1 Å². The van der Waals surface area contributed by atoms with E-state index < -0.39 is 5.97 Å². The van der Waals surface area contributed by atoms with Crippen molar-refractivity contribution in [1.82, 2.24) is 4.98 Å². The normalized spacial score (nSPS) is 12.8. The number of carboxylic acids is 1. The molecule has 0 saturated carbocycles. The minimum Gasteiger partial charge on any atom is -0.481 e. The number of aromatic nitrogens is 1. The Hall–Kier alpha value is -0.940. The number of thiazole rings is 1. The van der Waals surface area contributed by atoms with Gasteiger partial charge in [0.1, 0.15) is 5.01 Å². The number of aliphatic carboxylic acids is 1. The van der Waals surface area contributed by atoms with Crippen LogP contribution in [0.3, 0.4) is 0 Å². The van der Waals surface area contributed by atoms with E-state index in [2.05, 4.69) is 4.98 Å².